The minimum absolute atomic E-state index is 0.278. The summed E-state index contributed by atoms with van der Waals surface area (Å²) in [6.45, 7) is 7.96. The number of carbonyl (C=O) groups excluding carboxylic acids is 2. The highest BCUT2D eigenvalue weighted by Crippen LogP contribution is 2.27. The van der Waals surface area contributed by atoms with Gasteiger partial charge < -0.3 is 15.4 Å². The molecule has 7 nitrogen and oxygen atoms in total. The lowest BCUT2D eigenvalue weighted by atomic mass is 10.1. The smallest absolute Gasteiger partial charge is 0.337 e. The number of hydrogen-bond acceptors (Lipinski definition) is 5. The molecule has 2 N–H and O–H groups in total. The Bertz CT molecular complexity index is 935. The van der Waals surface area contributed by atoms with Gasteiger partial charge in [-0.1, -0.05) is 23.9 Å². The van der Waals surface area contributed by atoms with Crippen LogP contribution in [0.25, 0.3) is 5.69 Å². The number of nitrogens with one attached hydrogen (secondary N) is 2. The molecule has 0 spiro atoms. The van der Waals surface area contributed by atoms with E-state index >= 15 is 0 Å². The first-order valence-corrected chi connectivity index (χ1v) is 10.1. The number of thioether (sulfide) groups is 1. The van der Waals surface area contributed by atoms with Crippen LogP contribution in [-0.2, 0) is 9.53 Å². The number of urea groups is 1. The summed E-state index contributed by atoms with van der Waals surface area (Å²) in [4.78, 5) is 28.7. The zero-order chi connectivity index (χ0) is 20.3. The summed E-state index contributed by atoms with van der Waals surface area (Å²) in [6.07, 6.45) is 3.66. The van der Waals surface area contributed by atoms with Gasteiger partial charge in [0.25, 0.3) is 0 Å². The fourth-order valence-corrected chi connectivity index (χ4v) is 4.04. The van der Waals surface area contributed by atoms with Gasteiger partial charge in [-0.3, -0.25) is 4.57 Å². The fourth-order valence-electron chi connectivity index (χ4n) is 3.11. The van der Waals surface area contributed by atoms with E-state index in [-0.39, 0.29) is 12.6 Å². The van der Waals surface area contributed by atoms with Gasteiger partial charge in [0.2, 0.25) is 0 Å². The maximum Gasteiger partial charge on any atom is 0.337 e. The van der Waals surface area contributed by atoms with Crippen molar-refractivity contribution in [1.29, 1.82) is 0 Å². The lowest BCUT2D eigenvalue weighted by molar-refractivity contribution is -0.138. The van der Waals surface area contributed by atoms with Crippen LogP contribution < -0.4 is 10.6 Å². The van der Waals surface area contributed by atoms with E-state index in [1.54, 1.807) is 20.0 Å². The van der Waals surface area contributed by atoms with Crippen molar-refractivity contribution in [3.63, 3.8) is 0 Å². The summed E-state index contributed by atoms with van der Waals surface area (Å²) in [5, 5.41) is 6.24. The molecule has 0 saturated carbocycles. The molecule has 1 atom stereocenters. The van der Waals surface area contributed by atoms with Gasteiger partial charge in [-0.05, 0) is 44.9 Å². The summed E-state index contributed by atoms with van der Waals surface area (Å²) in [6, 6.07) is 5.40. The van der Waals surface area contributed by atoms with Crippen molar-refractivity contribution in [3.8, 4) is 5.69 Å². The maximum absolute atomic E-state index is 12.4. The molecule has 1 unspecified atom stereocenters. The van der Waals surface area contributed by atoms with Crippen molar-refractivity contribution in [3.05, 3.63) is 53.0 Å². The van der Waals surface area contributed by atoms with E-state index in [0.29, 0.717) is 17.0 Å². The van der Waals surface area contributed by atoms with Gasteiger partial charge in [0.05, 0.1) is 23.9 Å². The highest BCUT2D eigenvalue weighted by atomic mass is 32.2. The highest BCUT2D eigenvalue weighted by molar-refractivity contribution is 7.99. The number of aromatic nitrogens is 2. The molecule has 28 heavy (non-hydrogen) atoms. The summed E-state index contributed by atoms with van der Waals surface area (Å²) in [7, 11) is 0. The van der Waals surface area contributed by atoms with Crippen molar-refractivity contribution in [2.75, 3.05) is 12.4 Å². The number of esters is 1. The van der Waals surface area contributed by atoms with Crippen LogP contribution in [0.4, 0.5) is 4.79 Å². The molecular weight excluding hydrogens is 376 g/mol. The average molecular weight is 401 g/mol. The predicted octanol–water partition coefficient (Wildman–Crippen LogP) is 3.10. The van der Waals surface area contributed by atoms with Crippen molar-refractivity contribution in [2.24, 2.45) is 0 Å². The minimum Gasteiger partial charge on any atom is -0.463 e. The monoisotopic (exact) mass is 400 g/mol. The zero-order valence-corrected chi connectivity index (χ0v) is 17.2. The first kappa shape index (κ1) is 20.0. The van der Waals surface area contributed by atoms with Gasteiger partial charge in [-0.25, -0.2) is 14.6 Å². The number of aryl methyl sites for hydroxylation is 1. The van der Waals surface area contributed by atoms with E-state index in [0.717, 1.165) is 10.8 Å². The quantitative estimate of drug-likeness (QED) is 0.575. The van der Waals surface area contributed by atoms with Gasteiger partial charge in [0.1, 0.15) is 0 Å². The topological polar surface area (TPSA) is 85.2 Å². The Labute approximate surface area is 168 Å². The molecule has 8 heteroatoms. The summed E-state index contributed by atoms with van der Waals surface area (Å²) < 4.78 is 7.18. The number of amides is 2. The van der Waals surface area contributed by atoms with E-state index in [4.69, 9.17) is 4.74 Å². The second-order valence-electron chi connectivity index (χ2n) is 6.52. The van der Waals surface area contributed by atoms with Crippen LogP contribution in [0.3, 0.4) is 0 Å². The van der Waals surface area contributed by atoms with Crippen LogP contribution in [0, 0.1) is 13.8 Å². The van der Waals surface area contributed by atoms with Crippen molar-refractivity contribution in [2.45, 2.75) is 38.9 Å². The van der Waals surface area contributed by atoms with Crippen LogP contribution in [0.5, 0.6) is 0 Å². The second kappa shape index (κ2) is 8.52. The lowest BCUT2D eigenvalue weighted by Gasteiger charge is -2.26. The Morgan fingerprint density at radius 3 is 2.89 bits per heavy atom. The predicted molar refractivity (Wildman–Crippen MR) is 109 cm³/mol. The summed E-state index contributed by atoms with van der Waals surface area (Å²) >= 11 is 1.46. The van der Waals surface area contributed by atoms with E-state index in [1.165, 1.54) is 22.9 Å². The molecule has 1 aromatic heterocycles. The molecule has 1 aromatic carbocycles. The molecule has 2 heterocycles. The van der Waals surface area contributed by atoms with E-state index in [2.05, 4.69) is 35.5 Å². The molecule has 0 bridgehead atoms. The molecule has 1 aliphatic rings. The Morgan fingerprint density at radius 2 is 2.14 bits per heavy atom. The molecule has 0 fully saturated rings. The third-order valence-electron chi connectivity index (χ3n) is 4.65. The van der Waals surface area contributed by atoms with E-state index < -0.39 is 12.0 Å². The van der Waals surface area contributed by atoms with Gasteiger partial charge in [-0.15, -0.1) is 0 Å². The Morgan fingerprint density at radius 1 is 1.36 bits per heavy atom. The number of carbonyl (C=O) groups is 2. The van der Waals surface area contributed by atoms with Crippen LogP contribution in [0.2, 0.25) is 0 Å². The van der Waals surface area contributed by atoms with Crippen LogP contribution >= 0.6 is 11.8 Å². The minimum atomic E-state index is -0.420. The van der Waals surface area contributed by atoms with Crippen LogP contribution in [0.1, 0.15) is 25.0 Å². The van der Waals surface area contributed by atoms with Crippen molar-refractivity contribution >= 4 is 23.8 Å². The number of hydrogen-bond donors (Lipinski definition) is 2. The van der Waals surface area contributed by atoms with Gasteiger partial charge in [0.15, 0.2) is 5.16 Å². The number of ether oxygens (including phenoxy) is 1. The van der Waals surface area contributed by atoms with Crippen molar-refractivity contribution < 1.29 is 14.3 Å². The van der Waals surface area contributed by atoms with Gasteiger partial charge in [-0.2, -0.15) is 0 Å². The maximum atomic E-state index is 12.4. The largest absolute Gasteiger partial charge is 0.463 e. The number of rotatable bonds is 6. The fraction of sp³-hybridized carbons (Fsp3) is 0.350. The molecule has 0 radical (unpaired) electrons. The third-order valence-corrected chi connectivity index (χ3v) is 5.65. The second-order valence-corrected chi connectivity index (χ2v) is 7.46. The SMILES string of the molecule is CCOC(=O)C1=C(CSc2nccn2-c2cccc(C)c2C)NC(=O)NC1C. The van der Waals surface area contributed by atoms with Gasteiger partial charge in [0, 0.05) is 23.8 Å². The lowest BCUT2D eigenvalue weighted by Crippen LogP contribution is -2.49. The third kappa shape index (κ3) is 4.06. The average Bonchev–Trinajstić information content (AvgIpc) is 3.10. The number of imidazole rings is 1. The first-order chi connectivity index (χ1) is 13.4. The molecule has 148 valence electrons. The summed E-state index contributed by atoms with van der Waals surface area (Å²) in [5.41, 5.74) is 4.43. The Balaban J connectivity index is 1.88. The first-order valence-electron chi connectivity index (χ1n) is 9.12. The van der Waals surface area contributed by atoms with E-state index in [9.17, 15) is 9.59 Å². The number of benzene rings is 1. The normalized spacial score (nSPS) is 16.6. The van der Waals surface area contributed by atoms with Crippen LogP contribution in [-0.4, -0.2) is 40.0 Å². The molecular formula is C20H24N4O3S. The van der Waals surface area contributed by atoms with Crippen LogP contribution in [0.15, 0.2) is 47.0 Å². The summed E-state index contributed by atoms with van der Waals surface area (Å²) in [5.74, 6) is -0.0238. The van der Waals surface area contributed by atoms with Crippen molar-refractivity contribution in [1.82, 2.24) is 20.2 Å². The zero-order valence-electron chi connectivity index (χ0n) is 16.4. The Kier molecular flexibility index (Phi) is 6.08. The molecule has 3 rings (SSSR count). The molecule has 2 aromatic rings. The standard InChI is InChI=1S/C20H24N4O3S/c1-5-27-18(25)17-14(4)22-19(26)23-15(17)11-28-20-21-9-10-24(20)16-8-6-7-12(2)13(16)3/h6-10,14H,5,11H2,1-4H3,(H2,22,23,26). The molecule has 1 aliphatic heterocycles. The Hall–Kier alpha value is -2.74. The van der Waals surface area contributed by atoms with Gasteiger partial charge >= 0.3 is 12.0 Å². The molecule has 0 saturated heterocycles. The van der Waals surface area contributed by atoms with E-state index in [1.807, 2.05) is 22.9 Å². The molecule has 2 amide bonds. The number of nitrogens with zero attached hydrogens (tertiary/aromatic N) is 2. The highest BCUT2D eigenvalue weighted by Gasteiger charge is 2.29. The molecule has 0 aliphatic carbocycles.